The lowest BCUT2D eigenvalue weighted by molar-refractivity contribution is -0.903. The molecule has 1 aliphatic rings. The Kier molecular flexibility index (Phi) is 6.59. The van der Waals surface area contributed by atoms with Crippen LogP contribution in [0.3, 0.4) is 0 Å². The average Bonchev–Trinajstić information content (AvgIpc) is 2.62. The fourth-order valence-electron chi connectivity index (χ4n) is 3.08. The van der Waals surface area contributed by atoms with Crippen molar-refractivity contribution in [3.05, 3.63) is 59.4 Å². The van der Waals surface area contributed by atoms with Crippen LogP contribution in [0.2, 0.25) is 5.02 Å². The standard InChI is InChI=1S/C19H22ClFN2OS/c20-15-2-1-3-19(12-15)25-14-18(24)13-22-8-10-23(11-9-22)17-6-4-16(21)5-7-17/h1-7,12,18,24H,8-11,13-14H2/p+1/t18-/m1/s1. The van der Waals surface area contributed by atoms with Gasteiger partial charge >= 0.3 is 0 Å². The number of anilines is 1. The molecule has 2 aromatic carbocycles. The van der Waals surface area contributed by atoms with Crippen LogP contribution in [0.15, 0.2) is 53.4 Å². The molecule has 2 N–H and O–H groups in total. The number of aliphatic hydroxyl groups is 1. The van der Waals surface area contributed by atoms with Gasteiger partial charge in [-0.3, -0.25) is 0 Å². The third-order valence-corrected chi connectivity index (χ3v) is 5.80. The number of nitrogens with zero attached hydrogens (tertiary/aromatic N) is 1. The number of rotatable bonds is 6. The van der Waals surface area contributed by atoms with Crippen molar-refractivity contribution in [2.45, 2.75) is 11.0 Å². The number of thioether (sulfide) groups is 1. The highest BCUT2D eigenvalue weighted by Gasteiger charge is 2.22. The van der Waals surface area contributed by atoms with Crippen LogP contribution in [-0.2, 0) is 0 Å². The predicted octanol–water partition coefficient (Wildman–Crippen LogP) is 2.34. The molecule has 0 aromatic heterocycles. The zero-order valence-corrected chi connectivity index (χ0v) is 15.6. The Morgan fingerprint density at radius 3 is 2.56 bits per heavy atom. The van der Waals surface area contributed by atoms with Gasteiger partial charge in [-0.25, -0.2) is 4.39 Å². The third kappa shape index (κ3) is 5.61. The Bertz CT molecular complexity index is 677. The topological polar surface area (TPSA) is 27.9 Å². The van der Waals surface area contributed by atoms with Crippen molar-refractivity contribution in [1.82, 2.24) is 0 Å². The highest BCUT2D eigenvalue weighted by molar-refractivity contribution is 7.99. The van der Waals surface area contributed by atoms with E-state index < -0.39 is 0 Å². The Morgan fingerprint density at radius 1 is 1.16 bits per heavy atom. The summed E-state index contributed by atoms with van der Waals surface area (Å²) in [5.41, 5.74) is 1.07. The number of piperazine rings is 1. The van der Waals surface area contributed by atoms with Gasteiger partial charge in [0.25, 0.3) is 0 Å². The minimum atomic E-state index is -0.337. The lowest BCUT2D eigenvalue weighted by Crippen LogP contribution is -3.15. The Hall–Kier alpha value is -1.27. The normalized spacial score (nSPS) is 16.8. The minimum absolute atomic E-state index is 0.201. The monoisotopic (exact) mass is 381 g/mol. The summed E-state index contributed by atoms with van der Waals surface area (Å²) in [4.78, 5) is 4.77. The van der Waals surface area contributed by atoms with E-state index >= 15 is 0 Å². The zero-order chi connectivity index (χ0) is 17.6. The van der Waals surface area contributed by atoms with Crippen molar-refractivity contribution < 1.29 is 14.4 Å². The summed E-state index contributed by atoms with van der Waals surface area (Å²) in [6.07, 6.45) is -0.337. The molecule has 0 aliphatic carbocycles. The summed E-state index contributed by atoms with van der Waals surface area (Å²) in [5, 5.41) is 11.0. The number of hydrogen-bond acceptors (Lipinski definition) is 3. The van der Waals surface area contributed by atoms with E-state index in [2.05, 4.69) is 4.90 Å². The fraction of sp³-hybridized carbons (Fsp3) is 0.368. The molecule has 1 saturated heterocycles. The molecule has 3 nitrogen and oxygen atoms in total. The van der Waals surface area contributed by atoms with Crippen molar-refractivity contribution in [2.24, 2.45) is 0 Å². The molecule has 0 amide bonds. The number of hydrogen-bond donors (Lipinski definition) is 2. The third-order valence-electron chi connectivity index (χ3n) is 4.43. The average molecular weight is 382 g/mol. The molecule has 0 saturated carbocycles. The second-order valence-corrected chi connectivity index (χ2v) is 7.87. The van der Waals surface area contributed by atoms with E-state index in [9.17, 15) is 9.50 Å². The lowest BCUT2D eigenvalue weighted by Gasteiger charge is -2.34. The van der Waals surface area contributed by atoms with Crippen molar-refractivity contribution >= 4 is 29.1 Å². The Labute approximate surface area is 157 Å². The van der Waals surface area contributed by atoms with E-state index in [1.54, 1.807) is 11.8 Å². The van der Waals surface area contributed by atoms with Gasteiger partial charge in [-0.2, -0.15) is 0 Å². The molecule has 0 radical (unpaired) electrons. The van der Waals surface area contributed by atoms with Gasteiger partial charge in [0.1, 0.15) is 18.5 Å². The second kappa shape index (κ2) is 8.90. The summed E-state index contributed by atoms with van der Waals surface area (Å²) in [6.45, 7) is 4.57. The van der Waals surface area contributed by atoms with Crippen molar-refractivity contribution in [1.29, 1.82) is 0 Å². The van der Waals surface area contributed by atoms with Crippen LogP contribution in [0.1, 0.15) is 0 Å². The van der Waals surface area contributed by atoms with Gasteiger partial charge in [0.15, 0.2) is 0 Å². The number of halogens is 2. The van der Waals surface area contributed by atoms with E-state index in [0.717, 1.165) is 48.3 Å². The maximum Gasteiger partial charge on any atom is 0.123 e. The van der Waals surface area contributed by atoms with Crippen LogP contribution in [-0.4, -0.2) is 49.7 Å². The molecule has 1 atom stereocenters. The molecule has 2 aromatic rings. The van der Waals surface area contributed by atoms with Crippen LogP contribution in [0.5, 0.6) is 0 Å². The molecule has 1 fully saturated rings. The Balaban J connectivity index is 1.41. The number of quaternary nitrogens is 1. The van der Waals surface area contributed by atoms with Crippen molar-refractivity contribution in [3.63, 3.8) is 0 Å². The first-order chi connectivity index (χ1) is 12.1. The van der Waals surface area contributed by atoms with E-state index in [1.807, 2.05) is 36.4 Å². The summed E-state index contributed by atoms with van der Waals surface area (Å²) < 4.78 is 13.0. The molecule has 0 spiro atoms. The smallest absolute Gasteiger partial charge is 0.123 e. The van der Waals surface area contributed by atoms with Gasteiger partial charge in [0, 0.05) is 21.4 Å². The maximum absolute atomic E-state index is 13.0. The largest absolute Gasteiger partial charge is 0.386 e. The molecule has 134 valence electrons. The molecule has 6 heteroatoms. The van der Waals surface area contributed by atoms with Gasteiger partial charge in [-0.05, 0) is 42.5 Å². The van der Waals surface area contributed by atoms with Gasteiger partial charge in [-0.1, -0.05) is 17.7 Å². The molecule has 3 rings (SSSR count). The van der Waals surface area contributed by atoms with Gasteiger partial charge in [0.2, 0.25) is 0 Å². The first-order valence-corrected chi connectivity index (χ1v) is 9.87. The van der Waals surface area contributed by atoms with Crippen LogP contribution in [0.4, 0.5) is 10.1 Å². The van der Waals surface area contributed by atoms with Crippen molar-refractivity contribution in [2.75, 3.05) is 43.4 Å². The maximum atomic E-state index is 13.0. The summed E-state index contributed by atoms with van der Waals surface area (Å²) in [5.74, 6) is 0.472. The summed E-state index contributed by atoms with van der Waals surface area (Å²) >= 11 is 7.62. The predicted molar refractivity (Wildman–Crippen MR) is 102 cm³/mol. The number of aliphatic hydroxyl groups excluding tert-OH is 1. The molecule has 0 unspecified atom stereocenters. The SMILES string of the molecule is O[C@@H](CSc1cccc(Cl)c1)C[NH+]1CCN(c2ccc(F)cc2)CC1. The molecular formula is C19H23ClFN2OS+. The van der Waals surface area contributed by atoms with Crippen LogP contribution in [0, 0.1) is 5.82 Å². The first-order valence-electron chi connectivity index (χ1n) is 8.50. The number of nitrogens with one attached hydrogen (secondary N) is 1. The van der Waals surface area contributed by atoms with Crippen LogP contribution in [0.25, 0.3) is 0 Å². The van der Waals surface area contributed by atoms with E-state index in [0.29, 0.717) is 5.75 Å². The zero-order valence-electron chi connectivity index (χ0n) is 14.0. The molecule has 1 heterocycles. The fourth-order valence-corrected chi connectivity index (χ4v) is 4.22. The first kappa shape index (κ1) is 18.5. The summed E-state index contributed by atoms with van der Waals surface area (Å²) in [7, 11) is 0. The molecule has 0 bridgehead atoms. The quantitative estimate of drug-likeness (QED) is 0.752. The highest BCUT2D eigenvalue weighted by atomic mass is 35.5. The van der Waals surface area contributed by atoms with Crippen molar-refractivity contribution in [3.8, 4) is 0 Å². The van der Waals surface area contributed by atoms with Gasteiger partial charge in [0.05, 0.1) is 26.2 Å². The van der Waals surface area contributed by atoms with Gasteiger partial charge < -0.3 is 14.9 Å². The Morgan fingerprint density at radius 2 is 1.88 bits per heavy atom. The molecule has 25 heavy (non-hydrogen) atoms. The second-order valence-electron chi connectivity index (χ2n) is 6.34. The molecule has 1 aliphatic heterocycles. The summed E-state index contributed by atoms with van der Waals surface area (Å²) in [6, 6.07) is 14.4. The lowest BCUT2D eigenvalue weighted by atomic mass is 10.2. The van der Waals surface area contributed by atoms with Crippen LogP contribution < -0.4 is 9.80 Å². The molecular weight excluding hydrogens is 359 g/mol. The van der Waals surface area contributed by atoms with E-state index in [4.69, 9.17) is 11.6 Å². The van der Waals surface area contributed by atoms with Crippen LogP contribution >= 0.6 is 23.4 Å². The van der Waals surface area contributed by atoms with E-state index in [1.165, 1.54) is 17.0 Å². The van der Waals surface area contributed by atoms with E-state index in [-0.39, 0.29) is 11.9 Å². The minimum Gasteiger partial charge on any atom is -0.386 e. The number of benzene rings is 2. The highest BCUT2D eigenvalue weighted by Crippen LogP contribution is 2.22. The van der Waals surface area contributed by atoms with Gasteiger partial charge in [-0.15, -0.1) is 11.8 Å².